The van der Waals surface area contributed by atoms with Gasteiger partial charge in [0.2, 0.25) is 5.91 Å². The minimum absolute atomic E-state index is 0.198. The van der Waals surface area contributed by atoms with Crippen LogP contribution in [0, 0.1) is 5.41 Å². The van der Waals surface area contributed by atoms with Crippen molar-refractivity contribution in [1.29, 1.82) is 0 Å². The van der Waals surface area contributed by atoms with Gasteiger partial charge in [-0.15, -0.1) is 0 Å². The standard InChI is InChI=1S/C14H25N3O/c1-3-16-7-4-12(16)13(18)17-9-6-14(11-17)5-8-15(2)10-14/h12H,3-11H2,1-2H3/t12-,14?/m0/s1. The number of hydrogen-bond acceptors (Lipinski definition) is 3. The summed E-state index contributed by atoms with van der Waals surface area (Å²) < 4.78 is 0. The smallest absolute Gasteiger partial charge is 0.239 e. The fraction of sp³-hybridized carbons (Fsp3) is 0.929. The predicted molar refractivity (Wildman–Crippen MR) is 71.4 cm³/mol. The summed E-state index contributed by atoms with van der Waals surface area (Å²) in [6.45, 7) is 8.64. The second-order valence-electron chi connectivity index (χ2n) is 6.43. The van der Waals surface area contributed by atoms with Gasteiger partial charge in [-0.3, -0.25) is 9.69 Å². The summed E-state index contributed by atoms with van der Waals surface area (Å²) in [5, 5.41) is 0. The summed E-state index contributed by atoms with van der Waals surface area (Å²) in [7, 11) is 2.20. The highest BCUT2D eigenvalue weighted by molar-refractivity contribution is 5.83. The molecular formula is C14H25N3O. The second-order valence-corrected chi connectivity index (χ2v) is 6.43. The van der Waals surface area contributed by atoms with Crippen molar-refractivity contribution in [2.75, 3.05) is 46.3 Å². The van der Waals surface area contributed by atoms with Crippen molar-refractivity contribution >= 4 is 5.91 Å². The average molecular weight is 251 g/mol. The maximum Gasteiger partial charge on any atom is 0.239 e. The molecular weight excluding hydrogens is 226 g/mol. The number of likely N-dealkylation sites (tertiary alicyclic amines) is 3. The highest BCUT2D eigenvalue weighted by Gasteiger charge is 2.46. The summed E-state index contributed by atoms with van der Waals surface area (Å²) in [5.74, 6) is 0.398. The van der Waals surface area contributed by atoms with Gasteiger partial charge in [-0.05, 0) is 39.4 Å². The molecule has 102 valence electrons. The molecule has 0 aromatic carbocycles. The van der Waals surface area contributed by atoms with Crippen LogP contribution in [-0.4, -0.2) is 73.0 Å². The van der Waals surface area contributed by atoms with E-state index >= 15 is 0 Å². The van der Waals surface area contributed by atoms with E-state index in [1.807, 2.05) is 0 Å². The Bertz CT molecular complexity index is 344. The van der Waals surface area contributed by atoms with Crippen LogP contribution < -0.4 is 0 Å². The Labute approximate surface area is 110 Å². The molecule has 1 amide bonds. The lowest BCUT2D eigenvalue weighted by Crippen LogP contribution is -2.56. The molecule has 4 heteroatoms. The molecule has 3 aliphatic heterocycles. The van der Waals surface area contributed by atoms with Gasteiger partial charge in [0.05, 0.1) is 6.04 Å². The molecule has 3 aliphatic rings. The lowest BCUT2D eigenvalue weighted by Gasteiger charge is -2.41. The zero-order valence-electron chi connectivity index (χ0n) is 11.7. The fourth-order valence-electron chi connectivity index (χ4n) is 3.92. The molecule has 0 N–H and O–H groups in total. The van der Waals surface area contributed by atoms with Crippen molar-refractivity contribution in [1.82, 2.24) is 14.7 Å². The molecule has 0 bridgehead atoms. The minimum atomic E-state index is 0.198. The number of amides is 1. The number of carbonyl (C=O) groups excluding carboxylic acids is 1. The van der Waals surface area contributed by atoms with Crippen molar-refractivity contribution in [3.8, 4) is 0 Å². The van der Waals surface area contributed by atoms with E-state index in [0.29, 0.717) is 11.3 Å². The van der Waals surface area contributed by atoms with Gasteiger partial charge in [-0.1, -0.05) is 6.92 Å². The van der Waals surface area contributed by atoms with Crippen molar-refractivity contribution in [2.24, 2.45) is 5.41 Å². The van der Waals surface area contributed by atoms with Crippen LogP contribution in [-0.2, 0) is 4.79 Å². The monoisotopic (exact) mass is 251 g/mol. The van der Waals surface area contributed by atoms with Crippen LogP contribution in [0.4, 0.5) is 0 Å². The van der Waals surface area contributed by atoms with Gasteiger partial charge in [-0.2, -0.15) is 0 Å². The molecule has 3 saturated heterocycles. The van der Waals surface area contributed by atoms with Crippen LogP contribution in [0.25, 0.3) is 0 Å². The van der Waals surface area contributed by atoms with Crippen LogP contribution in [0.5, 0.6) is 0 Å². The summed E-state index contributed by atoms with van der Waals surface area (Å²) in [5.41, 5.74) is 0.422. The first-order chi connectivity index (χ1) is 8.63. The lowest BCUT2D eigenvalue weighted by atomic mass is 9.86. The topological polar surface area (TPSA) is 26.8 Å². The number of carbonyl (C=O) groups is 1. The van der Waals surface area contributed by atoms with E-state index in [9.17, 15) is 4.79 Å². The van der Waals surface area contributed by atoms with Crippen molar-refractivity contribution < 1.29 is 4.79 Å². The van der Waals surface area contributed by atoms with Crippen molar-refractivity contribution in [3.05, 3.63) is 0 Å². The quantitative estimate of drug-likeness (QED) is 0.720. The predicted octanol–water partition coefficient (Wildman–Crippen LogP) is 0.635. The van der Waals surface area contributed by atoms with E-state index in [2.05, 4.69) is 28.7 Å². The Balaban J connectivity index is 1.60. The van der Waals surface area contributed by atoms with Crippen LogP contribution in [0.3, 0.4) is 0 Å². The summed E-state index contributed by atoms with van der Waals surface area (Å²) in [6, 6.07) is 0.198. The second kappa shape index (κ2) is 4.49. The summed E-state index contributed by atoms with van der Waals surface area (Å²) in [4.78, 5) is 19.3. The van der Waals surface area contributed by atoms with Crippen LogP contribution >= 0.6 is 0 Å². The van der Waals surface area contributed by atoms with Gasteiger partial charge in [0.1, 0.15) is 0 Å². The SMILES string of the molecule is CCN1CC[C@H]1C(=O)N1CCC2(CCN(C)C2)C1. The van der Waals surface area contributed by atoms with E-state index in [-0.39, 0.29) is 6.04 Å². The molecule has 18 heavy (non-hydrogen) atoms. The molecule has 0 aliphatic carbocycles. The highest BCUT2D eigenvalue weighted by atomic mass is 16.2. The lowest BCUT2D eigenvalue weighted by molar-refractivity contribution is -0.140. The number of likely N-dealkylation sites (N-methyl/N-ethyl adjacent to an activating group) is 1. The molecule has 1 unspecified atom stereocenters. The largest absolute Gasteiger partial charge is 0.341 e. The molecule has 3 heterocycles. The van der Waals surface area contributed by atoms with Gasteiger partial charge >= 0.3 is 0 Å². The Kier molecular flexibility index (Phi) is 3.10. The minimum Gasteiger partial charge on any atom is -0.341 e. The summed E-state index contributed by atoms with van der Waals surface area (Å²) >= 11 is 0. The van der Waals surface area contributed by atoms with Crippen molar-refractivity contribution in [3.63, 3.8) is 0 Å². The third kappa shape index (κ3) is 1.95. The zero-order valence-corrected chi connectivity index (χ0v) is 11.7. The maximum absolute atomic E-state index is 12.5. The molecule has 2 atom stereocenters. The van der Waals surface area contributed by atoms with E-state index in [4.69, 9.17) is 0 Å². The van der Waals surface area contributed by atoms with E-state index < -0.39 is 0 Å². The average Bonchev–Trinajstić information content (AvgIpc) is 2.86. The van der Waals surface area contributed by atoms with Crippen LogP contribution in [0.2, 0.25) is 0 Å². The molecule has 0 saturated carbocycles. The maximum atomic E-state index is 12.5. The van der Waals surface area contributed by atoms with E-state index in [1.165, 1.54) is 25.9 Å². The number of hydrogen-bond donors (Lipinski definition) is 0. The van der Waals surface area contributed by atoms with Crippen LogP contribution in [0.1, 0.15) is 26.2 Å². The van der Waals surface area contributed by atoms with E-state index in [0.717, 1.165) is 32.6 Å². The van der Waals surface area contributed by atoms with Gasteiger partial charge in [0.25, 0.3) is 0 Å². The van der Waals surface area contributed by atoms with Gasteiger partial charge in [-0.25, -0.2) is 0 Å². The molecule has 3 rings (SSSR count). The summed E-state index contributed by atoms with van der Waals surface area (Å²) in [6.07, 6.45) is 3.55. The molecule has 4 nitrogen and oxygen atoms in total. The molecule has 0 radical (unpaired) electrons. The van der Waals surface area contributed by atoms with E-state index in [1.54, 1.807) is 0 Å². The van der Waals surface area contributed by atoms with Gasteiger partial charge < -0.3 is 9.80 Å². The third-order valence-corrected chi connectivity index (χ3v) is 5.20. The molecule has 1 spiro atoms. The Hall–Kier alpha value is -0.610. The van der Waals surface area contributed by atoms with Gasteiger partial charge in [0, 0.05) is 31.6 Å². The normalized spacial score (nSPS) is 37.4. The highest BCUT2D eigenvalue weighted by Crippen LogP contribution is 2.39. The van der Waals surface area contributed by atoms with Gasteiger partial charge in [0.15, 0.2) is 0 Å². The first kappa shape index (κ1) is 12.4. The molecule has 0 aromatic heterocycles. The first-order valence-corrected chi connectivity index (χ1v) is 7.35. The Morgan fingerprint density at radius 2 is 2.00 bits per heavy atom. The first-order valence-electron chi connectivity index (χ1n) is 7.35. The van der Waals surface area contributed by atoms with Crippen molar-refractivity contribution in [2.45, 2.75) is 32.2 Å². The number of nitrogens with zero attached hydrogens (tertiary/aromatic N) is 3. The van der Waals surface area contributed by atoms with Crippen LogP contribution in [0.15, 0.2) is 0 Å². The Morgan fingerprint density at radius 1 is 1.22 bits per heavy atom. The molecule has 0 aromatic rings. The zero-order chi connectivity index (χ0) is 12.8. The fourth-order valence-corrected chi connectivity index (χ4v) is 3.92. The number of rotatable bonds is 2. The molecule has 3 fully saturated rings. The Morgan fingerprint density at radius 3 is 2.56 bits per heavy atom. The third-order valence-electron chi connectivity index (χ3n) is 5.20.